The Kier molecular flexibility index (Phi) is 4.22. The molecule has 0 atom stereocenters. The minimum absolute atomic E-state index is 0.0300. The molecule has 100 valence electrons. The van der Waals surface area contributed by atoms with Gasteiger partial charge in [0, 0.05) is 5.56 Å². The Morgan fingerprint density at radius 1 is 1.20 bits per heavy atom. The van der Waals surface area contributed by atoms with E-state index >= 15 is 0 Å². The van der Waals surface area contributed by atoms with Gasteiger partial charge in [-0.3, -0.25) is 4.79 Å². The summed E-state index contributed by atoms with van der Waals surface area (Å²) in [7, 11) is 0. The third-order valence-electron chi connectivity index (χ3n) is 3.31. The monoisotopic (exact) mass is 264 g/mol. The smallest absolute Gasteiger partial charge is 0.307 e. The summed E-state index contributed by atoms with van der Waals surface area (Å²) in [4.78, 5) is 11.0. The van der Waals surface area contributed by atoms with E-state index < -0.39 is 5.97 Å². The van der Waals surface area contributed by atoms with Gasteiger partial charge in [-0.25, -0.2) is 0 Å². The summed E-state index contributed by atoms with van der Waals surface area (Å²) in [6.45, 7) is 2.01. The van der Waals surface area contributed by atoms with Crippen LogP contribution in [0.15, 0.2) is 42.5 Å². The van der Waals surface area contributed by atoms with Crippen molar-refractivity contribution in [3.63, 3.8) is 0 Å². The molecular formula is C18H16O2. The summed E-state index contributed by atoms with van der Waals surface area (Å²) in [6, 6.07) is 13.9. The van der Waals surface area contributed by atoms with Crippen molar-refractivity contribution in [3.05, 3.63) is 59.2 Å². The Morgan fingerprint density at radius 2 is 1.90 bits per heavy atom. The Hall–Kier alpha value is -2.53. The fourth-order valence-electron chi connectivity index (χ4n) is 2.33. The summed E-state index contributed by atoms with van der Waals surface area (Å²) < 4.78 is 0. The molecule has 0 heterocycles. The maximum Gasteiger partial charge on any atom is 0.307 e. The van der Waals surface area contributed by atoms with Gasteiger partial charge in [-0.1, -0.05) is 49.2 Å². The molecule has 0 spiro atoms. The van der Waals surface area contributed by atoms with E-state index in [0.717, 1.165) is 28.7 Å². The van der Waals surface area contributed by atoms with Crippen LogP contribution < -0.4 is 0 Å². The van der Waals surface area contributed by atoms with Gasteiger partial charge < -0.3 is 5.11 Å². The fourth-order valence-corrected chi connectivity index (χ4v) is 2.33. The molecule has 0 aliphatic rings. The molecule has 0 aliphatic heterocycles. The van der Waals surface area contributed by atoms with Crippen LogP contribution >= 0.6 is 0 Å². The minimum atomic E-state index is -0.858. The Morgan fingerprint density at radius 3 is 2.45 bits per heavy atom. The second-order valence-electron chi connectivity index (χ2n) is 4.60. The summed E-state index contributed by atoms with van der Waals surface area (Å²) in [5, 5.41) is 9.02. The molecule has 0 saturated heterocycles. The first kappa shape index (κ1) is 13.9. The van der Waals surface area contributed by atoms with E-state index in [0.29, 0.717) is 5.56 Å². The van der Waals surface area contributed by atoms with Crippen molar-refractivity contribution in [1.29, 1.82) is 0 Å². The zero-order valence-electron chi connectivity index (χ0n) is 11.4. The molecule has 0 amide bonds. The van der Waals surface area contributed by atoms with Crippen molar-refractivity contribution in [2.45, 2.75) is 19.8 Å². The van der Waals surface area contributed by atoms with Crippen LogP contribution in [0, 0.1) is 12.3 Å². The summed E-state index contributed by atoms with van der Waals surface area (Å²) in [6.07, 6.45) is 6.29. The quantitative estimate of drug-likeness (QED) is 0.858. The minimum Gasteiger partial charge on any atom is -0.481 e. The van der Waals surface area contributed by atoms with Gasteiger partial charge in [-0.05, 0) is 34.7 Å². The standard InChI is InChI=1S/C18H16O2/c1-3-13-10-16(15-8-6-5-7-9-15)11-14(4-2)17(13)12-18(19)20/h1,5-11H,4,12H2,2H3,(H,19,20). The predicted octanol–water partition coefficient (Wildman–Crippen LogP) is 3.52. The summed E-state index contributed by atoms with van der Waals surface area (Å²) in [5.74, 6) is 1.76. The normalized spacial score (nSPS) is 10.0. The number of carboxylic acid groups (broad SMARTS) is 1. The number of carbonyl (C=O) groups is 1. The molecule has 1 N–H and O–H groups in total. The molecule has 20 heavy (non-hydrogen) atoms. The van der Waals surface area contributed by atoms with Crippen molar-refractivity contribution in [1.82, 2.24) is 0 Å². The zero-order chi connectivity index (χ0) is 14.5. The van der Waals surface area contributed by atoms with Gasteiger partial charge in [0.25, 0.3) is 0 Å². The molecule has 0 radical (unpaired) electrons. The number of hydrogen-bond donors (Lipinski definition) is 1. The lowest BCUT2D eigenvalue weighted by molar-refractivity contribution is -0.136. The molecule has 2 aromatic rings. The van der Waals surface area contributed by atoms with E-state index in [1.54, 1.807) is 0 Å². The molecule has 2 rings (SSSR count). The van der Waals surface area contributed by atoms with Crippen LogP contribution in [-0.4, -0.2) is 11.1 Å². The van der Waals surface area contributed by atoms with Crippen LogP contribution in [0.3, 0.4) is 0 Å². The maximum atomic E-state index is 11.0. The summed E-state index contributed by atoms with van der Waals surface area (Å²) in [5.41, 5.74) is 4.54. The van der Waals surface area contributed by atoms with Crippen molar-refractivity contribution in [3.8, 4) is 23.5 Å². The molecule has 0 aromatic heterocycles. The average molecular weight is 264 g/mol. The van der Waals surface area contributed by atoms with Crippen LogP contribution in [0.2, 0.25) is 0 Å². The van der Waals surface area contributed by atoms with Gasteiger partial charge >= 0.3 is 5.97 Å². The first-order chi connectivity index (χ1) is 9.65. The number of aliphatic carboxylic acids is 1. The first-order valence-corrected chi connectivity index (χ1v) is 6.55. The van der Waals surface area contributed by atoms with Crippen LogP contribution in [0.4, 0.5) is 0 Å². The molecular weight excluding hydrogens is 248 g/mol. The number of terminal acetylenes is 1. The molecule has 0 saturated carbocycles. The lowest BCUT2D eigenvalue weighted by atomic mass is 9.91. The highest BCUT2D eigenvalue weighted by atomic mass is 16.4. The molecule has 2 heteroatoms. The SMILES string of the molecule is C#Cc1cc(-c2ccccc2)cc(CC)c1CC(=O)O. The van der Waals surface area contributed by atoms with E-state index in [1.165, 1.54) is 0 Å². The van der Waals surface area contributed by atoms with Crippen molar-refractivity contribution >= 4 is 5.97 Å². The first-order valence-electron chi connectivity index (χ1n) is 6.55. The lowest BCUT2D eigenvalue weighted by Gasteiger charge is -2.12. The highest BCUT2D eigenvalue weighted by Gasteiger charge is 2.12. The zero-order valence-corrected chi connectivity index (χ0v) is 11.4. The summed E-state index contributed by atoms with van der Waals surface area (Å²) >= 11 is 0. The van der Waals surface area contributed by atoms with Gasteiger partial charge in [0.2, 0.25) is 0 Å². The van der Waals surface area contributed by atoms with Crippen molar-refractivity contribution in [2.75, 3.05) is 0 Å². The number of hydrogen-bond acceptors (Lipinski definition) is 1. The van der Waals surface area contributed by atoms with E-state index in [1.807, 2.05) is 49.4 Å². The number of carboxylic acids is 1. The molecule has 0 fully saturated rings. The Bertz CT molecular complexity index is 664. The highest BCUT2D eigenvalue weighted by molar-refractivity contribution is 5.75. The van der Waals surface area contributed by atoms with Crippen LogP contribution in [-0.2, 0) is 17.6 Å². The van der Waals surface area contributed by atoms with Crippen LogP contribution in [0.25, 0.3) is 11.1 Å². The van der Waals surface area contributed by atoms with Crippen molar-refractivity contribution in [2.24, 2.45) is 0 Å². The van der Waals surface area contributed by atoms with E-state index in [9.17, 15) is 4.79 Å². The molecule has 2 aromatic carbocycles. The predicted molar refractivity (Wildman–Crippen MR) is 80.5 cm³/mol. The van der Waals surface area contributed by atoms with Crippen molar-refractivity contribution < 1.29 is 9.90 Å². The highest BCUT2D eigenvalue weighted by Crippen LogP contribution is 2.26. The maximum absolute atomic E-state index is 11.0. The number of benzene rings is 2. The van der Waals surface area contributed by atoms with E-state index in [2.05, 4.69) is 5.92 Å². The number of aryl methyl sites for hydroxylation is 1. The van der Waals surface area contributed by atoms with Gasteiger partial charge in [0.1, 0.15) is 0 Å². The van der Waals surface area contributed by atoms with Gasteiger partial charge in [0.05, 0.1) is 6.42 Å². The molecule has 2 nitrogen and oxygen atoms in total. The number of rotatable bonds is 4. The second-order valence-corrected chi connectivity index (χ2v) is 4.60. The Labute approximate surface area is 119 Å². The largest absolute Gasteiger partial charge is 0.481 e. The topological polar surface area (TPSA) is 37.3 Å². The fraction of sp³-hybridized carbons (Fsp3) is 0.167. The second kappa shape index (κ2) is 6.08. The third kappa shape index (κ3) is 2.89. The van der Waals surface area contributed by atoms with Crippen LogP contribution in [0.1, 0.15) is 23.6 Å². The third-order valence-corrected chi connectivity index (χ3v) is 3.31. The van der Waals surface area contributed by atoms with Gasteiger partial charge in [0.15, 0.2) is 0 Å². The molecule has 0 unspecified atom stereocenters. The Balaban J connectivity index is 2.59. The van der Waals surface area contributed by atoms with Gasteiger partial charge in [-0.15, -0.1) is 6.42 Å². The average Bonchev–Trinajstić information content (AvgIpc) is 2.47. The van der Waals surface area contributed by atoms with Gasteiger partial charge in [-0.2, -0.15) is 0 Å². The van der Waals surface area contributed by atoms with Crippen LogP contribution in [0.5, 0.6) is 0 Å². The van der Waals surface area contributed by atoms with E-state index in [4.69, 9.17) is 11.5 Å². The molecule has 0 bridgehead atoms. The van der Waals surface area contributed by atoms with E-state index in [-0.39, 0.29) is 6.42 Å². The lowest BCUT2D eigenvalue weighted by Crippen LogP contribution is -2.06. The molecule has 0 aliphatic carbocycles.